The Balaban J connectivity index is 2.20. The highest BCUT2D eigenvalue weighted by molar-refractivity contribution is 4.87. The molecule has 0 aliphatic carbocycles. The van der Waals surface area contributed by atoms with Crippen molar-refractivity contribution in [2.24, 2.45) is 5.73 Å². The van der Waals surface area contributed by atoms with Crippen LogP contribution in [-0.2, 0) is 0 Å². The Hall–Kier alpha value is -0.840. The minimum Gasteiger partial charge on any atom is -0.316 e. The van der Waals surface area contributed by atoms with Gasteiger partial charge in [0, 0.05) is 32.7 Å². The molecule has 0 aromatic heterocycles. The van der Waals surface area contributed by atoms with E-state index in [0.29, 0.717) is 39.1 Å². The molecule has 7 heteroatoms. The van der Waals surface area contributed by atoms with Crippen molar-refractivity contribution in [1.29, 1.82) is 5.26 Å². The fraction of sp³-hybridized carbons (Fsp3) is 0.900. The SMILES string of the molecule is N#CC(N)CCN1CCN(CC(F)(F)F)CC1. The lowest BCUT2D eigenvalue weighted by Crippen LogP contribution is -2.49. The van der Waals surface area contributed by atoms with E-state index in [0.717, 1.165) is 0 Å². The van der Waals surface area contributed by atoms with Crippen LogP contribution in [0.1, 0.15) is 6.42 Å². The molecule has 0 radical (unpaired) electrons. The van der Waals surface area contributed by atoms with E-state index in [-0.39, 0.29) is 0 Å². The quantitative estimate of drug-likeness (QED) is 0.785. The molecule has 1 unspecified atom stereocenters. The van der Waals surface area contributed by atoms with Crippen LogP contribution in [-0.4, -0.2) is 61.3 Å². The van der Waals surface area contributed by atoms with Gasteiger partial charge in [-0.15, -0.1) is 0 Å². The van der Waals surface area contributed by atoms with Gasteiger partial charge in [-0.3, -0.25) is 4.90 Å². The topological polar surface area (TPSA) is 56.3 Å². The summed E-state index contributed by atoms with van der Waals surface area (Å²) in [5.74, 6) is 0. The highest BCUT2D eigenvalue weighted by Crippen LogP contribution is 2.17. The smallest absolute Gasteiger partial charge is 0.316 e. The maximum Gasteiger partial charge on any atom is 0.401 e. The fourth-order valence-electron chi connectivity index (χ4n) is 1.81. The van der Waals surface area contributed by atoms with Crippen molar-refractivity contribution in [3.05, 3.63) is 0 Å². The number of halogens is 3. The molecule has 0 bridgehead atoms. The fourth-order valence-corrected chi connectivity index (χ4v) is 1.81. The number of hydrogen-bond acceptors (Lipinski definition) is 4. The molecule has 1 heterocycles. The van der Waals surface area contributed by atoms with Crippen molar-refractivity contribution in [3.63, 3.8) is 0 Å². The van der Waals surface area contributed by atoms with E-state index in [2.05, 4.69) is 0 Å². The van der Waals surface area contributed by atoms with Crippen molar-refractivity contribution in [2.75, 3.05) is 39.3 Å². The molecule has 98 valence electrons. The number of nitriles is 1. The number of hydrogen-bond donors (Lipinski definition) is 1. The Morgan fingerprint density at radius 3 is 2.18 bits per heavy atom. The molecule has 1 aliphatic rings. The zero-order chi connectivity index (χ0) is 12.9. The van der Waals surface area contributed by atoms with E-state index in [1.165, 1.54) is 4.90 Å². The number of nitrogens with two attached hydrogens (primary N) is 1. The van der Waals surface area contributed by atoms with Crippen LogP contribution in [0.15, 0.2) is 0 Å². The molecule has 0 saturated carbocycles. The molecule has 0 aromatic rings. The summed E-state index contributed by atoms with van der Waals surface area (Å²) in [6.07, 6.45) is -3.55. The van der Waals surface area contributed by atoms with Gasteiger partial charge in [0.05, 0.1) is 18.7 Å². The van der Waals surface area contributed by atoms with Crippen LogP contribution >= 0.6 is 0 Å². The maximum atomic E-state index is 12.1. The number of nitrogens with zero attached hydrogens (tertiary/aromatic N) is 3. The van der Waals surface area contributed by atoms with Crippen molar-refractivity contribution in [3.8, 4) is 6.07 Å². The molecule has 1 rings (SSSR count). The standard InChI is InChI=1S/C10H17F3N4/c11-10(12,13)8-17-5-3-16(4-6-17)2-1-9(15)7-14/h9H,1-6,8,15H2. The summed E-state index contributed by atoms with van der Waals surface area (Å²) in [7, 11) is 0. The second-order valence-corrected chi connectivity index (χ2v) is 4.26. The molecule has 4 nitrogen and oxygen atoms in total. The van der Waals surface area contributed by atoms with Crippen LogP contribution in [0.5, 0.6) is 0 Å². The first kappa shape index (κ1) is 14.2. The van der Waals surface area contributed by atoms with E-state index in [9.17, 15) is 13.2 Å². The minimum atomic E-state index is -4.12. The van der Waals surface area contributed by atoms with Crippen molar-refractivity contribution in [1.82, 2.24) is 9.80 Å². The lowest BCUT2D eigenvalue weighted by atomic mass is 10.2. The minimum absolute atomic E-state index is 0.418. The summed E-state index contributed by atoms with van der Waals surface area (Å²) in [6, 6.07) is 1.45. The first-order valence-corrected chi connectivity index (χ1v) is 5.57. The summed E-state index contributed by atoms with van der Waals surface area (Å²) in [5, 5.41) is 8.51. The molecule has 1 atom stereocenters. The lowest BCUT2D eigenvalue weighted by Gasteiger charge is -2.35. The van der Waals surface area contributed by atoms with E-state index >= 15 is 0 Å². The van der Waals surface area contributed by atoms with E-state index in [4.69, 9.17) is 11.0 Å². The molecule has 0 amide bonds. The molecule has 17 heavy (non-hydrogen) atoms. The number of rotatable bonds is 4. The van der Waals surface area contributed by atoms with Crippen LogP contribution in [0.2, 0.25) is 0 Å². The Morgan fingerprint density at radius 1 is 1.18 bits per heavy atom. The molecule has 0 aromatic carbocycles. The second-order valence-electron chi connectivity index (χ2n) is 4.26. The van der Waals surface area contributed by atoms with Gasteiger partial charge in [0.25, 0.3) is 0 Å². The average molecular weight is 250 g/mol. The average Bonchev–Trinajstić information content (AvgIpc) is 2.25. The molecule has 0 spiro atoms. The predicted octanol–water partition coefficient (Wildman–Crippen LogP) is 0.407. The molecule has 1 saturated heterocycles. The largest absolute Gasteiger partial charge is 0.401 e. The predicted molar refractivity (Wildman–Crippen MR) is 57.1 cm³/mol. The highest BCUT2D eigenvalue weighted by Gasteiger charge is 2.31. The molecule has 1 fully saturated rings. The van der Waals surface area contributed by atoms with Crippen molar-refractivity contribution < 1.29 is 13.2 Å². The summed E-state index contributed by atoms with van der Waals surface area (Å²) in [6.45, 7) is 1.89. The Morgan fingerprint density at radius 2 is 1.71 bits per heavy atom. The third-order valence-electron chi connectivity index (χ3n) is 2.79. The van der Waals surface area contributed by atoms with Gasteiger partial charge in [-0.1, -0.05) is 0 Å². The van der Waals surface area contributed by atoms with Crippen LogP contribution in [0.4, 0.5) is 13.2 Å². The summed E-state index contributed by atoms with van der Waals surface area (Å²) < 4.78 is 36.4. The first-order valence-electron chi connectivity index (χ1n) is 5.57. The van der Waals surface area contributed by atoms with Gasteiger partial charge >= 0.3 is 6.18 Å². The number of alkyl halides is 3. The summed E-state index contributed by atoms with van der Waals surface area (Å²) >= 11 is 0. The van der Waals surface area contributed by atoms with Gasteiger partial charge in [0.1, 0.15) is 0 Å². The van der Waals surface area contributed by atoms with Crippen LogP contribution in [0.25, 0.3) is 0 Å². The van der Waals surface area contributed by atoms with Gasteiger partial charge in [-0.05, 0) is 6.42 Å². The van der Waals surface area contributed by atoms with Crippen LogP contribution in [0, 0.1) is 11.3 Å². The maximum absolute atomic E-state index is 12.1. The normalized spacial score (nSPS) is 21.1. The van der Waals surface area contributed by atoms with Gasteiger partial charge in [-0.2, -0.15) is 18.4 Å². The summed E-state index contributed by atoms with van der Waals surface area (Å²) in [5.41, 5.74) is 5.45. The molecule has 1 aliphatic heterocycles. The van der Waals surface area contributed by atoms with Crippen LogP contribution < -0.4 is 5.73 Å². The Labute approximate surface area is 98.8 Å². The van der Waals surface area contributed by atoms with E-state index < -0.39 is 18.8 Å². The second kappa shape index (κ2) is 6.19. The highest BCUT2D eigenvalue weighted by atomic mass is 19.4. The third-order valence-corrected chi connectivity index (χ3v) is 2.79. The third kappa shape index (κ3) is 5.86. The van der Waals surface area contributed by atoms with Crippen molar-refractivity contribution in [2.45, 2.75) is 18.6 Å². The Bertz CT molecular complexity index is 266. The van der Waals surface area contributed by atoms with Gasteiger partial charge < -0.3 is 10.6 Å². The number of piperazine rings is 1. The monoisotopic (exact) mass is 250 g/mol. The zero-order valence-corrected chi connectivity index (χ0v) is 9.58. The van der Waals surface area contributed by atoms with E-state index in [1.54, 1.807) is 0 Å². The van der Waals surface area contributed by atoms with Crippen molar-refractivity contribution >= 4 is 0 Å². The zero-order valence-electron chi connectivity index (χ0n) is 9.58. The molecular weight excluding hydrogens is 233 g/mol. The summed E-state index contributed by atoms with van der Waals surface area (Å²) in [4.78, 5) is 3.45. The van der Waals surface area contributed by atoms with Gasteiger partial charge in [-0.25, -0.2) is 0 Å². The van der Waals surface area contributed by atoms with Gasteiger partial charge in [0.2, 0.25) is 0 Å². The molecular formula is C10H17F3N4. The van der Waals surface area contributed by atoms with E-state index in [1.807, 2.05) is 11.0 Å². The lowest BCUT2D eigenvalue weighted by molar-refractivity contribution is -0.149. The Kier molecular flexibility index (Phi) is 5.18. The van der Waals surface area contributed by atoms with Gasteiger partial charge in [0.15, 0.2) is 0 Å². The van der Waals surface area contributed by atoms with Crippen LogP contribution in [0.3, 0.4) is 0 Å². The molecule has 2 N–H and O–H groups in total. The first-order chi connectivity index (χ1) is 7.90.